The van der Waals surface area contributed by atoms with Gasteiger partial charge in [0.25, 0.3) is 11.5 Å². The predicted molar refractivity (Wildman–Crippen MR) is 125 cm³/mol. The highest BCUT2D eigenvalue weighted by atomic mass is 32.2. The zero-order valence-electron chi connectivity index (χ0n) is 17.2. The summed E-state index contributed by atoms with van der Waals surface area (Å²) in [7, 11) is 0. The van der Waals surface area contributed by atoms with E-state index in [0.29, 0.717) is 27.3 Å². The van der Waals surface area contributed by atoms with Crippen LogP contribution in [0, 0.1) is 12.7 Å². The molecule has 0 atom stereocenters. The molecule has 1 N–H and O–H groups in total. The Morgan fingerprint density at radius 1 is 1.09 bits per heavy atom. The number of carbonyl (C=O) groups is 1. The molecule has 3 aromatic carbocycles. The summed E-state index contributed by atoms with van der Waals surface area (Å²) in [5, 5.41) is 4.82. The Hall–Kier alpha value is -3.78. The van der Waals surface area contributed by atoms with Gasteiger partial charge >= 0.3 is 0 Å². The van der Waals surface area contributed by atoms with Crippen LogP contribution in [0.1, 0.15) is 11.1 Å². The quantitative estimate of drug-likeness (QED) is 0.210. The van der Waals surface area contributed by atoms with E-state index >= 15 is 0 Å². The summed E-state index contributed by atoms with van der Waals surface area (Å²) in [4.78, 5) is 30.2. The van der Waals surface area contributed by atoms with Gasteiger partial charge in [-0.05, 0) is 48.4 Å². The molecular weight excluding hydrogens is 427 g/mol. The third-order valence-electron chi connectivity index (χ3n) is 4.71. The lowest BCUT2D eigenvalue weighted by atomic mass is 10.2. The van der Waals surface area contributed by atoms with Crippen LogP contribution in [0.2, 0.25) is 0 Å². The van der Waals surface area contributed by atoms with Crippen molar-refractivity contribution in [1.82, 2.24) is 15.0 Å². The molecule has 0 spiro atoms. The van der Waals surface area contributed by atoms with Gasteiger partial charge in [0.15, 0.2) is 5.16 Å². The van der Waals surface area contributed by atoms with Gasteiger partial charge in [0, 0.05) is 0 Å². The molecule has 0 aliphatic rings. The minimum absolute atomic E-state index is 0.0113. The number of nitrogens with one attached hydrogen (secondary N) is 1. The largest absolute Gasteiger partial charge is 0.272 e. The average Bonchev–Trinajstić information content (AvgIpc) is 2.80. The Morgan fingerprint density at radius 3 is 2.59 bits per heavy atom. The van der Waals surface area contributed by atoms with Gasteiger partial charge in [-0.1, -0.05) is 54.2 Å². The van der Waals surface area contributed by atoms with Crippen LogP contribution in [0.5, 0.6) is 0 Å². The number of aryl methyl sites for hydroxylation is 1. The van der Waals surface area contributed by atoms with Crippen LogP contribution in [0.25, 0.3) is 16.6 Å². The van der Waals surface area contributed by atoms with Gasteiger partial charge in [-0.3, -0.25) is 14.2 Å². The van der Waals surface area contributed by atoms with Crippen LogP contribution in [0.4, 0.5) is 4.39 Å². The highest BCUT2D eigenvalue weighted by Gasteiger charge is 2.15. The minimum Gasteiger partial charge on any atom is -0.272 e. The molecule has 32 heavy (non-hydrogen) atoms. The zero-order valence-corrected chi connectivity index (χ0v) is 18.0. The lowest BCUT2D eigenvalue weighted by Crippen LogP contribution is -2.24. The van der Waals surface area contributed by atoms with Gasteiger partial charge in [0.2, 0.25) is 0 Å². The molecule has 0 saturated carbocycles. The fraction of sp³-hybridized carbons (Fsp3) is 0.0833. The van der Waals surface area contributed by atoms with Gasteiger partial charge in [-0.15, -0.1) is 0 Å². The molecule has 1 aromatic heterocycles. The Kier molecular flexibility index (Phi) is 6.42. The second-order valence-corrected chi connectivity index (χ2v) is 7.91. The number of hydrazone groups is 1. The van der Waals surface area contributed by atoms with Crippen molar-refractivity contribution in [2.24, 2.45) is 5.10 Å². The molecule has 160 valence electrons. The molecular formula is C24H19FN4O2S. The van der Waals surface area contributed by atoms with E-state index in [4.69, 9.17) is 0 Å². The predicted octanol–water partition coefficient (Wildman–Crippen LogP) is 4.08. The van der Waals surface area contributed by atoms with Crippen molar-refractivity contribution in [3.63, 3.8) is 0 Å². The maximum Gasteiger partial charge on any atom is 0.266 e. The molecule has 0 unspecified atom stereocenters. The Labute approximate surface area is 187 Å². The highest BCUT2D eigenvalue weighted by Crippen LogP contribution is 2.22. The molecule has 8 heteroatoms. The summed E-state index contributed by atoms with van der Waals surface area (Å²) in [5.74, 6) is -0.686. The molecule has 0 radical (unpaired) electrons. The van der Waals surface area contributed by atoms with Crippen LogP contribution in [-0.2, 0) is 4.79 Å². The SMILES string of the molecule is Cc1ccccc1-n1c(SCC(=O)N/N=C\c2ccc(F)cc2)nc2ccccc2c1=O. The number of aromatic nitrogens is 2. The van der Waals surface area contributed by atoms with Crippen molar-refractivity contribution in [3.05, 3.63) is 100 Å². The van der Waals surface area contributed by atoms with Crippen molar-refractivity contribution >= 4 is 34.8 Å². The van der Waals surface area contributed by atoms with Crippen LogP contribution in [-0.4, -0.2) is 27.4 Å². The number of benzene rings is 3. The second kappa shape index (κ2) is 9.57. The summed E-state index contributed by atoms with van der Waals surface area (Å²) in [6, 6.07) is 20.4. The van der Waals surface area contributed by atoms with E-state index < -0.39 is 0 Å². The Balaban J connectivity index is 1.57. The molecule has 0 aliphatic heterocycles. The van der Waals surface area contributed by atoms with Crippen LogP contribution in [0.15, 0.2) is 87.8 Å². The first kappa shape index (κ1) is 21.5. The molecule has 0 fully saturated rings. The van der Waals surface area contributed by atoms with Gasteiger partial charge in [-0.2, -0.15) is 5.10 Å². The van der Waals surface area contributed by atoms with E-state index in [9.17, 15) is 14.0 Å². The highest BCUT2D eigenvalue weighted by molar-refractivity contribution is 7.99. The topological polar surface area (TPSA) is 76.3 Å². The van der Waals surface area contributed by atoms with E-state index in [1.54, 1.807) is 30.3 Å². The number of fused-ring (bicyclic) bond motifs is 1. The smallest absolute Gasteiger partial charge is 0.266 e. The summed E-state index contributed by atoms with van der Waals surface area (Å²) in [5.41, 5.74) is 5.11. The second-order valence-electron chi connectivity index (χ2n) is 6.97. The van der Waals surface area contributed by atoms with Crippen molar-refractivity contribution in [1.29, 1.82) is 0 Å². The van der Waals surface area contributed by atoms with Gasteiger partial charge in [-0.25, -0.2) is 14.8 Å². The molecule has 6 nitrogen and oxygen atoms in total. The third-order valence-corrected chi connectivity index (χ3v) is 5.65. The maximum absolute atomic E-state index is 13.3. The summed E-state index contributed by atoms with van der Waals surface area (Å²) in [6.07, 6.45) is 1.43. The lowest BCUT2D eigenvalue weighted by Gasteiger charge is -2.14. The number of amides is 1. The van der Waals surface area contributed by atoms with Crippen LogP contribution < -0.4 is 11.0 Å². The molecule has 0 aliphatic carbocycles. The van der Waals surface area contributed by atoms with Crippen molar-refractivity contribution in [2.75, 3.05) is 5.75 Å². The van der Waals surface area contributed by atoms with Gasteiger partial charge in [0.05, 0.1) is 28.6 Å². The first-order valence-corrected chi connectivity index (χ1v) is 10.8. The number of thioether (sulfide) groups is 1. The van der Waals surface area contributed by atoms with Crippen LogP contribution >= 0.6 is 11.8 Å². The molecule has 1 amide bonds. The number of rotatable bonds is 6. The maximum atomic E-state index is 13.3. The zero-order chi connectivity index (χ0) is 22.5. The number of hydrogen-bond donors (Lipinski definition) is 1. The number of carbonyl (C=O) groups excluding carboxylic acids is 1. The van der Waals surface area contributed by atoms with E-state index in [0.717, 1.165) is 17.3 Å². The first-order valence-electron chi connectivity index (χ1n) is 9.81. The molecule has 4 rings (SSSR count). The fourth-order valence-electron chi connectivity index (χ4n) is 3.13. The van der Waals surface area contributed by atoms with Gasteiger partial charge in [0.1, 0.15) is 5.82 Å². The van der Waals surface area contributed by atoms with Crippen molar-refractivity contribution in [3.8, 4) is 5.69 Å². The number of halogens is 1. The van der Waals surface area contributed by atoms with E-state index in [-0.39, 0.29) is 23.0 Å². The van der Waals surface area contributed by atoms with E-state index in [1.165, 1.54) is 22.9 Å². The number of hydrogen-bond acceptors (Lipinski definition) is 5. The summed E-state index contributed by atoms with van der Waals surface area (Å²) in [6.45, 7) is 1.92. The molecule has 4 aromatic rings. The average molecular weight is 447 g/mol. The fourth-order valence-corrected chi connectivity index (χ4v) is 3.92. The molecule has 0 bridgehead atoms. The van der Waals surface area contributed by atoms with Crippen molar-refractivity contribution < 1.29 is 9.18 Å². The minimum atomic E-state index is -0.355. The Morgan fingerprint density at radius 2 is 1.81 bits per heavy atom. The van der Waals surface area contributed by atoms with Crippen LogP contribution in [0.3, 0.4) is 0 Å². The monoisotopic (exact) mass is 446 g/mol. The molecule has 1 heterocycles. The van der Waals surface area contributed by atoms with Gasteiger partial charge < -0.3 is 0 Å². The standard InChI is InChI=1S/C24H19FN4O2S/c1-16-6-2-5-9-21(16)29-23(31)19-7-3-4-8-20(19)27-24(29)32-15-22(30)28-26-14-17-10-12-18(25)13-11-17/h2-14H,15H2,1H3,(H,28,30)/b26-14-. The molecule has 0 saturated heterocycles. The number of nitrogens with zero attached hydrogens (tertiary/aromatic N) is 3. The summed E-state index contributed by atoms with van der Waals surface area (Å²) >= 11 is 1.15. The normalized spacial score (nSPS) is 11.2. The van der Waals surface area contributed by atoms with E-state index in [1.807, 2.05) is 37.3 Å². The third kappa shape index (κ3) is 4.76. The number of para-hydroxylation sites is 2. The Bertz CT molecular complexity index is 1370. The lowest BCUT2D eigenvalue weighted by molar-refractivity contribution is -0.118. The summed E-state index contributed by atoms with van der Waals surface area (Å²) < 4.78 is 14.5. The first-order chi connectivity index (χ1) is 15.5. The van der Waals surface area contributed by atoms with E-state index in [2.05, 4.69) is 15.5 Å². The van der Waals surface area contributed by atoms with Crippen molar-refractivity contribution in [2.45, 2.75) is 12.1 Å².